The molecule has 1 saturated heterocycles. The highest BCUT2D eigenvalue weighted by Gasteiger charge is 2.32. The molecule has 1 atom stereocenters. The Kier molecular flexibility index (Phi) is 3.21. The zero-order valence-corrected chi connectivity index (χ0v) is 11.1. The van der Waals surface area contributed by atoms with Gasteiger partial charge < -0.3 is 10.0 Å². The van der Waals surface area contributed by atoms with E-state index in [1.807, 2.05) is 40.6 Å². The Balaban J connectivity index is 1.87. The van der Waals surface area contributed by atoms with Gasteiger partial charge in [0.2, 0.25) is 0 Å². The fraction of sp³-hybridized carbons (Fsp3) is 0.286. The number of carboxylic acid groups (broad SMARTS) is 1. The Morgan fingerprint density at radius 3 is 2.89 bits per heavy atom. The summed E-state index contributed by atoms with van der Waals surface area (Å²) in [5, 5.41) is 12.0. The van der Waals surface area contributed by atoms with Gasteiger partial charge in [-0.15, -0.1) is 11.3 Å². The predicted molar refractivity (Wildman–Crippen MR) is 75.6 cm³/mol. The first-order valence-corrected chi connectivity index (χ1v) is 7.14. The van der Waals surface area contributed by atoms with E-state index < -0.39 is 12.0 Å². The van der Waals surface area contributed by atoms with Gasteiger partial charge in [0.15, 0.2) is 5.13 Å². The maximum Gasteiger partial charge on any atom is 0.326 e. The van der Waals surface area contributed by atoms with Gasteiger partial charge >= 0.3 is 5.97 Å². The predicted octanol–water partition coefficient (Wildman–Crippen LogP) is 2.86. The van der Waals surface area contributed by atoms with E-state index in [0.717, 1.165) is 29.4 Å². The molecule has 4 nitrogen and oxygen atoms in total. The van der Waals surface area contributed by atoms with E-state index in [0.29, 0.717) is 6.42 Å². The third-order valence-electron chi connectivity index (χ3n) is 3.35. The maximum atomic E-state index is 11.2. The molecule has 2 heterocycles. The lowest BCUT2D eigenvalue weighted by atomic mass is 10.2. The Hall–Kier alpha value is -1.88. The van der Waals surface area contributed by atoms with Crippen molar-refractivity contribution in [2.45, 2.75) is 18.9 Å². The highest BCUT2D eigenvalue weighted by atomic mass is 32.1. The van der Waals surface area contributed by atoms with Crippen molar-refractivity contribution in [2.24, 2.45) is 0 Å². The topological polar surface area (TPSA) is 53.4 Å². The van der Waals surface area contributed by atoms with E-state index >= 15 is 0 Å². The average Bonchev–Trinajstić information content (AvgIpc) is 3.08. The van der Waals surface area contributed by atoms with Crippen LogP contribution in [0.4, 0.5) is 5.13 Å². The summed E-state index contributed by atoms with van der Waals surface area (Å²) in [6.07, 6.45) is 1.62. The van der Waals surface area contributed by atoms with Crippen LogP contribution in [-0.2, 0) is 4.79 Å². The number of thiazole rings is 1. The molecule has 1 aromatic heterocycles. The number of aromatic nitrogens is 1. The summed E-state index contributed by atoms with van der Waals surface area (Å²) in [5.74, 6) is -0.756. The van der Waals surface area contributed by atoms with Crippen LogP contribution in [0.1, 0.15) is 12.8 Å². The Bertz CT molecular complexity index is 582. The molecule has 0 radical (unpaired) electrons. The van der Waals surface area contributed by atoms with Crippen LogP contribution < -0.4 is 4.90 Å². The van der Waals surface area contributed by atoms with Crippen molar-refractivity contribution in [1.82, 2.24) is 4.98 Å². The molecule has 1 aliphatic rings. The zero-order chi connectivity index (χ0) is 13.2. The molecule has 19 heavy (non-hydrogen) atoms. The van der Waals surface area contributed by atoms with Gasteiger partial charge in [-0.2, -0.15) is 0 Å². The van der Waals surface area contributed by atoms with Crippen LogP contribution in [-0.4, -0.2) is 28.6 Å². The number of benzene rings is 1. The minimum absolute atomic E-state index is 0.422. The van der Waals surface area contributed by atoms with Crippen LogP contribution in [0, 0.1) is 0 Å². The molecule has 1 aromatic carbocycles. The molecule has 1 fully saturated rings. The fourth-order valence-corrected chi connectivity index (χ4v) is 3.30. The lowest BCUT2D eigenvalue weighted by molar-refractivity contribution is -0.138. The first kappa shape index (κ1) is 12.2. The average molecular weight is 274 g/mol. The second kappa shape index (κ2) is 5.01. The summed E-state index contributed by atoms with van der Waals surface area (Å²) < 4.78 is 0. The summed E-state index contributed by atoms with van der Waals surface area (Å²) >= 11 is 1.51. The smallest absolute Gasteiger partial charge is 0.326 e. The summed E-state index contributed by atoms with van der Waals surface area (Å²) in [6.45, 7) is 0.776. The van der Waals surface area contributed by atoms with E-state index in [2.05, 4.69) is 4.98 Å². The number of nitrogens with zero attached hydrogens (tertiary/aromatic N) is 2. The third kappa shape index (κ3) is 2.33. The Morgan fingerprint density at radius 1 is 1.37 bits per heavy atom. The van der Waals surface area contributed by atoms with Crippen molar-refractivity contribution >= 4 is 22.4 Å². The molecular weight excluding hydrogens is 260 g/mol. The van der Waals surface area contributed by atoms with Crippen LogP contribution in [0.15, 0.2) is 35.7 Å². The molecule has 1 unspecified atom stereocenters. The maximum absolute atomic E-state index is 11.2. The number of rotatable bonds is 3. The molecule has 98 valence electrons. The molecule has 0 saturated carbocycles. The number of hydrogen-bond acceptors (Lipinski definition) is 4. The monoisotopic (exact) mass is 274 g/mol. The first-order chi connectivity index (χ1) is 9.25. The largest absolute Gasteiger partial charge is 0.480 e. The molecule has 0 spiro atoms. The Morgan fingerprint density at radius 2 is 2.16 bits per heavy atom. The molecule has 5 heteroatoms. The van der Waals surface area contributed by atoms with Crippen molar-refractivity contribution in [3.8, 4) is 11.3 Å². The third-order valence-corrected chi connectivity index (χ3v) is 4.22. The van der Waals surface area contributed by atoms with Gasteiger partial charge in [0.05, 0.1) is 5.69 Å². The highest BCUT2D eigenvalue weighted by Crippen LogP contribution is 2.31. The minimum atomic E-state index is -0.756. The normalized spacial score (nSPS) is 18.7. The number of hydrogen-bond donors (Lipinski definition) is 1. The second-order valence-electron chi connectivity index (χ2n) is 4.57. The summed E-state index contributed by atoms with van der Waals surface area (Å²) in [6, 6.07) is 9.52. The first-order valence-electron chi connectivity index (χ1n) is 6.26. The van der Waals surface area contributed by atoms with E-state index in [1.54, 1.807) is 0 Å². The highest BCUT2D eigenvalue weighted by molar-refractivity contribution is 7.14. The van der Waals surface area contributed by atoms with Crippen LogP contribution in [0.5, 0.6) is 0 Å². The molecule has 2 aromatic rings. The van der Waals surface area contributed by atoms with Crippen LogP contribution in [0.2, 0.25) is 0 Å². The molecular formula is C14H14N2O2S. The van der Waals surface area contributed by atoms with Crippen LogP contribution in [0.25, 0.3) is 11.3 Å². The standard InChI is InChI=1S/C14H14N2O2S/c17-13(18)12-7-4-8-16(12)14-15-11(9-19-14)10-5-2-1-3-6-10/h1-3,5-6,9,12H,4,7-8H2,(H,17,18). The van der Waals surface area contributed by atoms with Crippen LogP contribution in [0.3, 0.4) is 0 Å². The van der Waals surface area contributed by atoms with Gasteiger partial charge in [0.25, 0.3) is 0 Å². The van der Waals surface area contributed by atoms with Gasteiger partial charge in [-0.25, -0.2) is 9.78 Å². The van der Waals surface area contributed by atoms with Crippen molar-refractivity contribution in [3.63, 3.8) is 0 Å². The van der Waals surface area contributed by atoms with Gasteiger partial charge in [-0.05, 0) is 12.8 Å². The number of carbonyl (C=O) groups is 1. The minimum Gasteiger partial charge on any atom is -0.480 e. The zero-order valence-electron chi connectivity index (χ0n) is 10.3. The van der Waals surface area contributed by atoms with Crippen molar-refractivity contribution < 1.29 is 9.90 Å². The molecule has 1 aliphatic heterocycles. The van der Waals surface area contributed by atoms with Gasteiger partial charge in [-0.1, -0.05) is 30.3 Å². The molecule has 0 amide bonds. The van der Waals surface area contributed by atoms with E-state index in [9.17, 15) is 9.90 Å². The van der Waals surface area contributed by atoms with Gasteiger partial charge in [0.1, 0.15) is 6.04 Å². The summed E-state index contributed by atoms with van der Waals surface area (Å²) in [5.41, 5.74) is 1.98. The Labute approximate surface area is 115 Å². The van der Waals surface area contributed by atoms with Crippen molar-refractivity contribution in [2.75, 3.05) is 11.4 Å². The summed E-state index contributed by atoms with van der Waals surface area (Å²) in [4.78, 5) is 17.7. The molecule has 3 rings (SSSR count). The SMILES string of the molecule is O=C(O)C1CCCN1c1nc(-c2ccccc2)cs1. The lowest BCUT2D eigenvalue weighted by Gasteiger charge is -2.19. The van der Waals surface area contributed by atoms with E-state index in [1.165, 1.54) is 11.3 Å². The lowest BCUT2D eigenvalue weighted by Crippen LogP contribution is -2.35. The number of aliphatic carboxylic acids is 1. The molecule has 0 aliphatic carbocycles. The van der Waals surface area contributed by atoms with Gasteiger partial charge in [-0.3, -0.25) is 0 Å². The molecule has 0 bridgehead atoms. The van der Waals surface area contributed by atoms with Gasteiger partial charge in [0, 0.05) is 17.5 Å². The number of anilines is 1. The van der Waals surface area contributed by atoms with Crippen LogP contribution >= 0.6 is 11.3 Å². The quantitative estimate of drug-likeness (QED) is 0.935. The molecule has 1 N–H and O–H groups in total. The number of carboxylic acids is 1. The van der Waals surface area contributed by atoms with Crippen molar-refractivity contribution in [1.29, 1.82) is 0 Å². The van der Waals surface area contributed by atoms with E-state index in [-0.39, 0.29) is 0 Å². The summed E-state index contributed by atoms with van der Waals surface area (Å²) in [7, 11) is 0. The second-order valence-corrected chi connectivity index (χ2v) is 5.41. The fourth-order valence-electron chi connectivity index (χ4n) is 2.39. The van der Waals surface area contributed by atoms with E-state index in [4.69, 9.17) is 0 Å². The van der Waals surface area contributed by atoms with Crippen molar-refractivity contribution in [3.05, 3.63) is 35.7 Å².